The zero-order chi connectivity index (χ0) is 14.8. The van der Waals surface area contributed by atoms with Gasteiger partial charge in [-0.2, -0.15) is 0 Å². The summed E-state index contributed by atoms with van der Waals surface area (Å²) in [5, 5.41) is 0. The molecule has 0 amide bonds. The van der Waals surface area contributed by atoms with Crippen molar-refractivity contribution < 1.29 is 8.42 Å². The van der Waals surface area contributed by atoms with E-state index >= 15 is 0 Å². The van der Waals surface area contributed by atoms with E-state index in [0.29, 0.717) is 11.4 Å². The number of hydrogen-bond acceptors (Lipinski definition) is 4. The van der Waals surface area contributed by atoms with Crippen molar-refractivity contribution in [1.29, 1.82) is 0 Å². The van der Waals surface area contributed by atoms with Gasteiger partial charge in [0.1, 0.15) is 0 Å². The normalized spacial score (nSPS) is 22.1. The summed E-state index contributed by atoms with van der Waals surface area (Å²) >= 11 is 3.30. The molecule has 1 aromatic rings. The Labute approximate surface area is 129 Å². The summed E-state index contributed by atoms with van der Waals surface area (Å²) in [6.45, 7) is 3.28. The van der Waals surface area contributed by atoms with E-state index in [1.54, 1.807) is 24.3 Å². The molecular formula is C13H20BrN3O2S. The molecule has 0 aliphatic carbocycles. The monoisotopic (exact) mass is 361 g/mol. The van der Waals surface area contributed by atoms with Crippen LogP contribution in [0.25, 0.3) is 0 Å². The van der Waals surface area contributed by atoms with Crippen molar-refractivity contribution in [2.45, 2.75) is 10.9 Å². The summed E-state index contributed by atoms with van der Waals surface area (Å²) in [6.07, 6.45) is 0. The van der Waals surface area contributed by atoms with Gasteiger partial charge in [0, 0.05) is 36.7 Å². The summed E-state index contributed by atoms with van der Waals surface area (Å²) in [5.74, 6) is 0. The molecule has 1 aliphatic heterocycles. The number of halogens is 1. The first-order valence-corrected chi connectivity index (χ1v) is 8.80. The maximum absolute atomic E-state index is 12.2. The molecule has 0 spiro atoms. The zero-order valence-corrected chi connectivity index (χ0v) is 14.1. The predicted octanol–water partition coefficient (Wildman–Crippen LogP) is 0.973. The van der Waals surface area contributed by atoms with Crippen LogP contribution in [0.2, 0.25) is 0 Å². The molecule has 1 aliphatic rings. The maximum Gasteiger partial charge on any atom is 0.240 e. The first-order chi connectivity index (χ1) is 9.38. The van der Waals surface area contributed by atoms with Crippen molar-refractivity contribution in [2.24, 2.45) is 0 Å². The Morgan fingerprint density at radius 2 is 1.90 bits per heavy atom. The number of likely N-dealkylation sites (N-methyl/N-ethyl adjacent to an activating group) is 2. The Balaban J connectivity index is 2.00. The van der Waals surface area contributed by atoms with Crippen LogP contribution >= 0.6 is 15.9 Å². The van der Waals surface area contributed by atoms with Gasteiger partial charge in [-0.3, -0.25) is 4.90 Å². The number of sulfonamides is 1. The summed E-state index contributed by atoms with van der Waals surface area (Å²) in [6, 6.07) is 6.87. The van der Waals surface area contributed by atoms with Crippen molar-refractivity contribution in [2.75, 3.05) is 40.3 Å². The molecule has 1 aromatic carbocycles. The molecule has 5 nitrogen and oxygen atoms in total. The SMILES string of the molecule is CN1CCN(C)C(CNS(=O)(=O)c2ccc(Br)cc2)C1. The van der Waals surface area contributed by atoms with Gasteiger partial charge in [-0.25, -0.2) is 13.1 Å². The fourth-order valence-electron chi connectivity index (χ4n) is 2.22. The molecule has 2 rings (SSSR count). The Morgan fingerprint density at radius 3 is 2.55 bits per heavy atom. The van der Waals surface area contributed by atoms with E-state index in [9.17, 15) is 8.42 Å². The van der Waals surface area contributed by atoms with Crippen molar-refractivity contribution in [3.05, 3.63) is 28.7 Å². The Kier molecular flexibility index (Phi) is 5.19. The summed E-state index contributed by atoms with van der Waals surface area (Å²) in [7, 11) is 0.659. The maximum atomic E-state index is 12.2. The smallest absolute Gasteiger partial charge is 0.240 e. The molecule has 0 bridgehead atoms. The average Bonchev–Trinajstić information content (AvgIpc) is 2.40. The molecule has 1 saturated heterocycles. The highest BCUT2D eigenvalue weighted by molar-refractivity contribution is 9.10. The lowest BCUT2D eigenvalue weighted by atomic mass is 10.2. The third-order valence-corrected chi connectivity index (χ3v) is 5.58. The summed E-state index contributed by atoms with van der Waals surface area (Å²) in [5.41, 5.74) is 0. The van der Waals surface area contributed by atoms with E-state index < -0.39 is 10.0 Å². The number of nitrogens with zero attached hydrogens (tertiary/aromatic N) is 2. The van der Waals surface area contributed by atoms with Gasteiger partial charge in [0.2, 0.25) is 10.0 Å². The highest BCUT2D eigenvalue weighted by Gasteiger charge is 2.24. The van der Waals surface area contributed by atoms with E-state index in [1.807, 2.05) is 7.05 Å². The van der Waals surface area contributed by atoms with E-state index in [1.165, 1.54) is 0 Å². The van der Waals surface area contributed by atoms with Crippen molar-refractivity contribution in [3.8, 4) is 0 Å². The van der Waals surface area contributed by atoms with Crippen LogP contribution in [0.4, 0.5) is 0 Å². The van der Waals surface area contributed by atoms with Gasteiger partial charge in [0.05, 0.1) is 4.90 Å². The lowest BCUT2D eigenvalue weighted by molar-refractivity contribution is 0.117. The van der Waals surface area contributed by atoms with Crippen LogP contribution < -0.4 is 4.72 Å². The molecule has 0 aromatic heterocycles. The highest BCUT2D eigenvalue weighted by Crippen LogP contribution is 2.15. The molecule has 1 unspecified atom stereocenters. The minimum atomic E-state index is -3.43. The molecular weight excluding hydrogens is 342 g/mol. The zero-order valence-electron chi connectivity index (χ0n) is 11.7. The van der Waals surface area contributed by atoms with Gasteiger partial charge in [-0.05, 0) is 38.4 Å². The second-order valence-electron chi connectivity index (χ2n) is 5.20. The topological polar surface area (TPSA) is 52.6 Å². The Morgan fingerprint density at radius 1 is 1.25 bits per heavy atom. The fourth-order valence-corrected chi connectivity index (χ4v) is 3.56. The molecule has 20 heavy (non-hydrogen) atoms. The molecule has 0 saturated carbocycles. The predicted molar refractivity (Wildman–Crippen MR) is 83.2 cm³/mol. The number of nitrogens with one attached hydrogen (secondary N) is 1. The molecule has 1 N–H and O–H groups in total. The standard InChI is InChI=1S/C13H20BrN3O2S/c1-16-7-8-17(2)12(10-16)9-15-20(18,19)13-5-3-11(14)4-6-13/h3-6,12,15H,7-10H2,1-2H3. The van der Waals surface area contributed by atoms with E-state index in [-0.39, 0.29) is 6.04 Å². The van der Waals surface area contributed by atoms with Crippen LogP contribution in [-0.4, -0.2) is 64.5 Å². The second kappa shape index (κ2) is 6.53. The molecule has 1 atom stereocenters. The lowest BCUT2D eigenvalue weighted by Gasteiger charge is -2.37. The summed E-state index contributed by atoms with van der Waals surface area (Å²) < 4.78 is 28.0. The van der Waals surface area contributed by atoms with E-state index in [4.69, 9.17) is 0 Å². The van der Waals surface area contributed by atoms with Gasteiger partial charge in [-0.1, -0.05) is 15.9 Å². The number of benzene rings is 1. The fraction of sp³-hybridized carbons (Fsp3) is 0.538. The number of hydrogen-bond donors (Lipinski definition) is 1. The van der Waals surface area contributed by atoms with Crippen LogP contribution in [0.3, 0.4) is 0 Å². The van der Waals surface area contributed by atoms with E-state index in [0.717, 1.165) is 24.1 Å². The third kappa shape index (κ3) is 4.02. The molecule has 1 heterocycles. The minimum Gasteiger partial charge on any atom is -0.303 e. The molecule has 0 radical (unpaired) electrons. The number of rotatable bonds is 4. The highest BCUT2D eigenvalue weighted by atomic mass is 79.9. The van der Waals surface area contributed by atoms with Gasteiger partial charge < -0.3 is 4.90 Å². The summed E-state index contributed by atoms with van der Waals surface area (Å²) in [4.78, 5) is 4.72. The second-order valence-corrected chi connectivity index (χ2v) is 7.89. The molecule has 112 valence electrons. The minimum absolute atomic E-state index is 0.207. The lowest BCUT2D eigenvalue weighted by Crippen LogP contribution is -2.54. The molecule has 1 fully saturated rings. The van der Waals surface area contributed by atoms with Crippen molar-refractivity contribution in [3.63, 3.8) is 0 Å². The number of piperazine rings is 1. The first kappa shape index (κ1) is 15.9. The third-order valence-electron chi connectivity index (χ3n) is 3.61. The quantitative estimate of drug-likeness (QED) is 0.868. The van der Waals surface area contributed by atoms with Crippen molar-refractivity contribution in [1.82, 2.24) is 14.5 Å². The van der Waals surface area contributed by atoms with Gasteiger partial charge >= 0.3 is 0 Å². The Bertz CT molecular complexity index is 547. The van der Waals surface area contributed by atoms with Crippen molar-refractivity contribution >= 4 is 26.0 Å². The Hall–Kier alpha value is -0.470. The van der Waals surface area contributed by atoms with Crippen LogP contribution in [0.15, 0.2) is 33.6 Å². The average molecular weight is 362 g/mol. The molecule has 7 heteroatoms. The van der Waals surface area contributed by atoms with Gasteiger partial charge in [0.15, 0.2) is 0 Å². The van der Waals surface area contributed by atoms with Gasteiger partial charge in [-0.15, -0.1) is 0 Å². The van der Waals surface area contributed by atoms with Crippen LogP contribution in [0, 0.1) is 0 Å². The van der Waals surface area contributed by atoms with Crippen LogP contribution in [-0.2, 0) is 10.0 Å². The van der Waals surface area contributed by atoms with Gasteiger partial charge in [0.25, 0.3) is 0 Å². The van der Waals surface area contributed by atoms with Crippen LogP contribution in [0.1, 0.15) is 0 Å². The van der Waals surface area contributed by atoms with Crippen LogP contribution in [0.5, 0.6) is 0 Å². The first-order valence-electron chi connectivity index (χ1n) is 6.52. The van der Waals surface area contributed by atoms with E-state index in [2.05, 4.69) is 37.5 Å². The largest absolute Gasteiger partial charge is 0.303 e.